The van der Waals surface area contributed by atoms with Crippen LogP contribution in [-0.2, 0) is 6.54 Å². The van der Waals surface area contributed by atoms with E-state index in [1.54, 1.807) is 0 Å². The van der Waals surface area contributed by atoms with E-state index in [4.69, 9.17) is 0 Å². The lowest BCUT2D eigenvalue weighted by Crippen LogP contribution is -2.37. The molecule has 0 spiro atoms. The lowest BCUT2D eigenvalue weighted by Gasteiger charge is -2.31. The highest BCUT2D eigenvalue weighted by Gasteiger charge is 2.28. The predicted molar refractivity (Wildman–Crippen MR) is 81.6 cm³/mol. The number of aromatic nitrogens is 1. The van der Waals surface area contributed by atoms with Crippen molar-refractivity contribution in [2.75, 3.05) is 26.2 Å². The van der Waals surface area contributed by atoms with Gasteiger partial charge in [-0.05, 0) is 43.6 Å². The fraction of sp³-hybridized carbons (Fsp3) is 0.471. The van der Waals surface area contributed by atoms with Gasteiger partial charge in [0.1, 0.15) is 0 Å². The summed E-state index contributed by atoms with van der Waals surface area (Å²) in [6.07, 6.45) is 4.72. The Balaban J connectivity index is 1.57. The second-order valence-corrected chi connectivity index (χ2v) is 6.08. The van der Waals surface area contributed by atoms with Gasteiger partial charge in [-0.2, -0.15) is 0 Å². The van der Waals surface area contributed by atoms with Crippen molar-refractivity contribution in [1.29, 1.82) is 0 Å². The topological polar surface area (TPSA) is 19.4 Å². The number of benzene rings is 1. The van der Waals surface area contributed by atoms with Gasteiger partial charge in [-0.25, -0.2) is 0 Å². The minimum Gasteiger partial charge on any atom is -0.302 e. The molecular weight excluding hydrogens is 246 g/mol. The molecule has 1 aromatic carbocycles. The second kappa shape index (κ2) is 5.15. The second-order valence-electron chi connectivity index (χ2n) is 6.08. The highest BCUT2D eigenvalue weighted by atomic mass is 15.3. The molecule has 5 rings (SSSR count). The molecule has 20 heavy (non-hydrogen) atoms. The maximum absolute atomic E-state index is 4.59. The number of hydrogen-bond acceptors (Lipinski definition) is 3. The third kappa shape index (κ3) is 2.32. The predicted octanol–water partition coefficient (Wildman–Crippen LogP) is 2.51. The molecule has 3 aliphatic heterocycles. The van der Waals surface area contributed by atoms with E-state index in [-0.39, 0.29) is 0 Å². The molecule has 0 atom stereocenters. The van der Waals surface area contributed by atoms with Crippen LogP contribution < -0.4 is 0 Å². The van der Waals surface area contributed by atoms with E-state index < -0.39 is 0 Å². The van der Waals surface area contributed by atoms with Gasteiger partial charge in [-0.3, -0.25) is 9.88 Å². The summed E-state index contributed by atoms with van der Waals surface area (Å²) >= 11 is 0. The summed E-state index contributed by atoms with van der Waals surface area (Å²) in [4.78, 5) is 9.87. The van der Waals surface area contributed by atoms with Gasteiger partial charge < -0.3 is 4.90 Å². The Hall–Kier alpha value is -1.45. The molecule has 104 valence electrons. The molecule has 0 aliphatic carbocycles. The van der Waals surface area contributed by atoms with Crippen molar-refractivity contribution < 1.29 is 0 Å². The minimum atomic E-state index is 0.778. The van der Waals surface area contributed by atoms with Gasteiger partial charge in [-0.15, -0.1) is 0 Å². The molecular formula is C17H21N3. The van der Waals surface area contributed by atoms with Crippen LogP contribution in [0.5, 0.6) is 0 Å². The Morgan fingerprint density at radius 3 is 2.80 bits per heavy atom. The van der Waals surface area contributed by atoms with Crippen molar-refractivity contribution in [2.24, 2.45) is 0 Å². The molecule has 3 heteroatoms. The number of piperidine rings is 1. The van der Waals surface area contributed by atoms with E-state index in [2.05, 4.69) is 51.3 Å². The molecule has 3 saturated heterocycles. The molecule has 1 aromatic heterocycles. The molecule has 3 fully saturated rings. The van der Waals surface area contributed by atoms with Crippen molar-refractivity contribution in [3.63, 3.8) is 0 Å². The van der Waals surface area contributed by atoms with Gasteiger partial charge in [-0.1, -0.05) is 18.2 Å². The van der Waals surface area contributed by atoms with Crippen LogP contribution in [0.4, 0.5) is 0 Å². The van der Waals surface area contributed by atoms with Crippen molar-refractivity contribution in [1.82, 2.24) is 14.8 Å². The van der Waals surface area contributed by atoms with Gasteiger partial charge in [0.15, 0.2) is 0 Å². The molecule has 0 amide bonds. The maximum Gasteiger partial charge on any atom is 0.0702 e. The molecule has 2 aromatic rings. The zero-order valence-corrected chi connectivity index (χ0v) is 11.8. The van der Waals surface area contributed by atoms with Crippen LogP contribution in [-0.4, -0.2) is 47.0 Å². The summed E-state index contributed by atoms with van der Waals surface area (Å²) in [5.74, 6) is 0. The van der Waals surface area contributed by atoms with E-state index in [0.717, 1.165) is 18.1 Å². The fourth-order valence-electron chi connectivity index (χ4n) is 3.61. The van der Waals surface area contributed by atoms with E-state index >= 15 is 0 Å². The lowest BCUT2D eigenvalue weighted by atomic mass is 10.0. The van der Waals surface area contributed by atoms with Crippen molar-refractivity contribution >= 4 is 10.9 Å². The normalized spacial score (nSPS) is 26.8. The Morgan fingerprint density at radius 2 is 1.90 bits per heavy atom. The van der Waals surface area contributed by atoms with Gasteiger partial charge in [0.25, 0.3) is 0 Å². The first-order valence-corrected chi connectivity index (χ1v) is 7.68. The highest BCUT2D eigenvalue weighted by Crippen LogP contribution is 2.23. The van der Waals surface area contributed by atoms with Gasteiger partial charge in [0.05, 0.1) is 5.52 Å². The molecule has 0 N–H and O–H groups in total. The largest absolute Gasteiger partial charge is 0.302 e. The Kier molecular flexibility index (Phi) is 3.17. The minimum absolute atomic E-state index is 0.778. The van der Waals surface area contributed by atoms with Crippen LogP contribution in [0.15, 0.2) is 36.5 Å². The lowest BCUT2D eigenvalue weighted by molar-refractivity contribution is 0.176. The number of hydrogen-bond donors (Lipinski definition) is 0. The van der Waals surface area contributed by atoms with E-state index in [1.807, 2.05) is 0 Å². The smallest absolute Gasteiger partial charge is 0.0702 e. The first-order chi connectivity index (χ1) is 9.88. The van der Waals surface area contributed by atoms with Crippen LogP contribution in [0.3, 0.4) is 0 Å². The van der Waals surface area contributed by atoms with E-state index in [0.29, 0.717) is 0 Å². The van der Waals surface area contributed by atoms with Crippen LogP contribution in [0.25, 0.3) is 10.9 Å². The molecule has 0 unspecified atom stereocenters. The maximum atomic E-state index is 4.59. The van der Waals surface area contributed by atoms with E-state index in [1.165, 1.54) is 50.0 Å². The SMILES string of the molecule is c1ccc2ncc(CN3CCN4CCC3CC4)cc2c1. The summed E-state index contributed by atoms with van der Waals surface area (Å²) in [5, 5.41) is 1.26. The molecule has 2 bridgehead atoms. The van der Waals surface area contributed by atoms with Crippen molar-refractivity contribution in [3.05, 3.63) is 42.1 Å². The van der Waals surface area contributed by atoms with Gasteiger partial charge in [0.2, 0.25) is 0 Å². The molecule has 4 heterocycles. The average Bonchev–Trinajstić information content (AvgIpc) is 2.81. The highest BCUT2D eigenvalue weighted by molar-refractivity contribution is 5.78. The Labute approximate surface area is 120 Å². The third-order valence-corrected chi connectivity index (χ3v) is 4.81. The number of pyridine rings is 1. The van der Waals surface area contributed by atoms with Gasteiger partial charge in [0, 0.05) is 37.3 Å². The molecule has 3 nitrogen and oxygen atoms in total. The summed E-state index contributed by atoms with van der Waals surface area (Å²) in [7, 11) is 0. The monoisotopic (exact) mass is 267 g/mol. The van der Waals surface area contributed by atoms with Crippen LogP contribution in [0.1, 0.15) is 18.4 Å². The first-order valence-electron chi connectivity index (χ1n) is 7.68. The van der Waals surface area contributed by atoms with Crippen LogP contribution in [0, 0.1) is 0 Å². The third-order valence-electron chi connectivity index (χ3n) is 4.81. The van der Waals surface area contributed by atoms with Crippen molar-refractivity contribution in [3.8, 4) is 0 Å². The zero-order chi connectivity index (χ0) is 13.4. The zero-order valence-electron chi connectivity index (χ0n) is 11.8. The number of rotatable bonds is 2. The first kappa shape index (κ1) is 12.3. The molecule has 0 radical (unpaired) electrons. The summed E-state index contributed by atoms with van der Waals surface area (Å²) in [5.41, 5.74) is 2.45. The van der Waals surface area contributed by atoms with Crippen LogP contribution >= 0.6 is 0 Å². The quantitative estimate of drug-likeness (QED) is 0.833. The van der Waals surface area contributed by atoms with E-state index in [9.17, 15) is 0 Å². The number of para-hydroxylation sites is 1. The average molecular weight is 267 g/mol. The van der Waals surface area contributed by atoms with Crippen molar-refractivity contribution in [2.45, 2.75) is 25.4 Å². The number of fused-ring (bicyclic) bond motifs is 5. The Morgan fingerprint density at radius 1 is 1.05 bits per heavy atom. The van der Waals surface area contributed by atoms with Gasteiger partial charge >= 0.3 is 0 Å². The summed E-state index contributed by atoms with van der Waals surface area (Å²) in [6, 6.07) is 11.5. The fourth-order valence-corrected chi connectivity index (χ4v) is 3.61. The summed E-state index contributed by atoms with van der Waals surface area (Å²) in [6.45, 7) is 6.07. The van der Waals surface area contributed by atoms with Crippen LogP contribution in [0.2, 0.25) is 0 Å². The standard InChI is InChI=1S/C17H21N3/c1-2-4-17-15(3-1)11-14(12-18-17)13-20-10-9-19-7-5-16(20)6-8-19/h1-4,11-12,16H,5-10,13H2. The summed E-state index contributed by atoms with van der Waals surface area (Å²) < 4.78 is 0. The number of nitrogens with zero attached hydrogens (tertiary/aromatic N) is 3. The molecule has 3 aliphatic rings. The molecule has 0 saturated carbocycles. The Bertz CT molecular complexity index is 602.